The van der Waals surface area contributed by atoms with E-state index < -0.39 is 10.0 Å². The molecule has 0 bridgehead atoms. The van der Waals surface area contributed by atoms with E-state index in [0.717, 1.165) is 19.3 Å². The Labute approximate surface area is 151 Å². The first-order chi connectivity index (χ1) is 11.7. The summed E-state index contributed by atoms with van der Waals surface area (Å²) in [4.78, 5) is 12.2. The van der Waals surface area contributed by atoms with Gasteiger partial charge in [-0.25, -0.2) is 13.2 Å². The molecule has 1 aromatic rings. The van der Waals surface area contributed by atoms with Crippen molar-refractivity contribution in [2.45, 2.75) is 62.9 Å². The van der Waals surface area contributed by atoms with Crippen LogP contribution >= 0.6 is 0 Å². The minimum absolute atomic E-state index is 0.0751. The number of sulfonamides is 1. The number of carbonyl (C=O) groups is 1. The zero-order chi connectivity index (χ0) is 18.5. The molecule has 0 radical (unpaired) electrons. The number of piperidine rings is 1. The smallest absolute Gasteiger partial charge is 0.315 e. The highest BCUT2D eigenvalue weighted by molar-refractivity contribution is 7.89. The minimum Gasteiger partial charge on any atom is -0.338 e. The Morgan fingerprint density at radius 1 is 1.20 bits per heavy atom. The summed E-state index contributed by atoms with van der Waals surface area (Å²) < 4.78 is 27.4. The van der Waals surface area contributed by atoms with Crippen LogP contribution in [0.3, 0.4) is 0 Å². The van der Waals surface area contributed by atoms with Crippen LogP contribution in [0.4, 0.5) is 4.79 Å². The van der Waals surface area contributed by atoms with Crippen molar-refractivity contribution in [1.29, 1.82) is 0 Å². The molecule has 1 unspecified atom stereocenters. The van der Waals surface area contributed by atoms with Crippen LogP contribution in [0.25, 0.3) is 0 Å². The number of hydrogen-bond acceptors (Lipinski definition) is 3. The Morgan fingerprint density at radius 3 is 2.52 bits per heavy atom. The lowest BCUT2D eigenvalue weighted by atomic mass is 10.0. The number of benzene rings is 1. The Balaban J connectivity index is 1.98. The molecule has 1 saturated heterocycles. The van der Waals surface area contributed by atoms with Crippen molar-refractivity contribution >= 4 is 16.1 Å². The molecule has 1 aromatic carbocycles. The third-order valence-electron chi connectivity index (χ3n) is 4.17. The molecule has 2 rings (SSSR count). The Kier molecular flexibility index (Phi) is 6.46. The summed E-state index contributed by atoms with van der Waals surface area (Å²) in [7, 11) is -3.49. The lowest BCUT2D eigenvalue weighted by Crippen LogP contribution is -2.48. The number of amides is 2. The van der Waals surface area contributed by atoms with E-state index in [9.17, 15) is 13.2 Å². The predicted molar refractivity (Wildman–Crippen MR) is 98.9 cm³/mol. The molecule has 0 aliphatic carbocycles. The van der Waals surface area contributed by atoms with Crippen LogP contribution in [0.5, 0.6) is 0 Å². The maximum absolute atomic E-state index is 12.9. The van der Waals surface area contributed by atoms with E-state index in [-0.39, 0.29) is 17.6 Å². The highest BCUT2D eigenvalue weighted by atomic mass is 32.2. The van der Waals surface area contributed by atoms with Crippen LogP contribution in [0.1, 0.15) is 46.5 Å². The predicted octanol–water partition coefficient (Wildman–Crippen LogP) is 2.72. The van der Waals surface area contributed by atoms with Gasteiger partial charge in [-0.05, 0) is 52.2 Å². The number of carbonyl (C=O) groups excluding carboxylic acids is 1. The Morgan fingerprint density at radius 2 is 1.88 bits per heavy atom. The summed E-state index contributed by atoms with van der Waals surface area (Å²) in [5, 5.41) is 5.67. The standard InChI is InChI=1S/C18H29N3O3S/c1-18(2,3)20-17(22)19-13-12-15-9-7-8-14-21(15)25(23,24)16-10-5-4-6-11-16/h4-6,10-11,15H,7-9,12-14H2,1-3H3,(H2,19,20,22). The molecule has 25 heavy (non-hydrogen) atoms. The fourth-order valence-corrected chi connectivity index (χ4v) is 4.79. The van der Waals surface area contributed by atoms with E-state index in [4.69, 9.17) is 0 Å². The summed E-state index contributed by atoms with van der Waals surface area (Å²) in [6, 6.07) is 8.26. The molecule has 6 nitrogen and oxygen atoms in total. The van der Waals surface area contributed by atoms with Crippen LogP contribution in [0.2, 0.25) is 0 Å². The van der Waals surface area contributed by atoms with E-state index in [1.807, 2.05) is 26.8 Å². The fraction of sp³-hybridized carbons (Fsp3) is 0.611. The topological polar surface area (TPSA) is 78.5 Å². The third kappa shape index (κ3) is 5.71. The van der Waals surface area contributed by atoms with Crippen LogP contribution in [0.15, 0.2) is 35.2 Å². The van der Waals surface area contributed by atoms with E-state index >= 15 is 0 Å². The molecule has 1 aliphatic heterocycles. The van der Waals surface area contributed by atoms with Crippen LogP contribution in [0, 0.1) is 0 Å². The molecule has 2 amide bonds. The zero-order valence-corrected chi connectivity index (χ0v) is 16.1. The van der Waals surface area contributed by atoms with Crippen LogP contribution < -0.4 is 10.6 Å². The summed E-state index contributed by atoms with van der Waals surface area (Å²) in [6.45, 7) is 6.75. The van der Waals surface area contributed by atoms with Crippen molar-refractivity contribution < 1.29 is 13.2 Å². The Bertz CT molecular complexity index is 669. The van der Waals surface area contributed by atoms with E-state index in [0.29, 0.717) is 24.4 Å². The first kappa shape index (κ1) is 19.7. The average Bonchev–Trinajstić information content (AvgIpc) is 2.54. The second-order valence-electron chi connectivity index (χ2n) is 7.50. The fourth-order valence-electron chi connectivity index (χ4n) is 3.04. The van der Waals surface area contributed by atoms with Gasteiger partial charge in [-0.1, -0.05) is 24.6 Å². The average molecular weight is 368 g/mol. The largest absolute Gasteiger partial charge is 0.338 e. The molecular weight excluding hydrogens is 338 g/mol. The van der Waals surface area contributed by atoms with E-state index in [1.165, 1.54) is 0 Å². The lowest BCUT2D eigenvalue weighted by Gasteiger charge is -2.35. The van der Waals surface area contributed by atoms with Crippen molar-refractivity contribution in [2.75, 3.05) is 13.1 Å². The van der Waals surface area contributed by atoms with Gasteiger partial charge in [0.25, 0.3) is 0 Å². The summed E-state index contributed by atoms with van der Waals surface area (Å²) in [5.74, 6) is 0. The molecule has 0 saturated carbocycles. The number of urea groups is 1. The first-order valence-corrected chi connectivity index (χ1v) is 10.3. The van der Waals surface area contributed by atoms with Crippen LogP contribution in [-0.2, 0) is 10.0 Å². The quantitative estimate of drug-likeness (QED) is 0.840. The van der Waals surface area contributed by atoms with Gasteiger partial charge in [-0.3, -0.25) is 0 Å². The highest BCUT2D eigenvalue weighted by Crippen LogP contribution is 2.26. The molecule has 1 aliphatic rings. The third-order valence-corrected chi connectivity index (χ3v) is 6.14. The molecule has 140 valence electrons. The molecular formula is C18H29N3O3S. The van der Waals surface area contributed by atoms with Gasteiger partial charge >= 0.3 is 6.03 Å². The molecule has 2 N–H and O–H groups in total. The number of nitrogens with zero attached hydrogens (tertiary/aromatic N) is 1. The van der Waals surface area contributed by atoms with Crippen molar-refractivity contribution in [3.63, 3.8) is 0 Å². The second-order valence-corrected chi connectivity index (χ2v) is 9.39. The normalized spacial score (nSPS) is 19.4. The SMILES string of the molecule is CC(C)(C)NC(=O)NCCC1CCCCN1S(=O)(=O)c1ccccc1. The Hall–Kier alpha value is -1.60. The highest BCUT2D eigenvalue weighted by Gasteiger charge is 2.33. The summed E-state index contributed by atoms with van der Waals surface area (Å²) >= 11 is 0. The maximum Gasteiger partial charge on any atom is 0.315 e. The maximum atomic E-state index is 12.9. The summed E-state index contributed by atoms with van der Waals surface area (Å²) in [6.07, 6.45) is 3.33. The van der Waals surface area contributed by atoms with Gasteiger partial charge in [0.15, 0.2) is 0 Å². The van der Waals surface area contributed by atoms with Crippen molar-refractivity contribution in [3.8, 4) is 0 Å². The summed E-state index contributed by atoms with van der Waals surface area (Å²) in [5.41, 5.74) is -0.294. The molecule has 1 atom stereocenters. The van der Waals surface area contributed by atoms with Crippen molar-refractivity contribution in [2.24, 2.45) is 0 Å². The molecule has 1 heterocycles. The van der Waals surface area contributed by atoms with Gasteiger partial charge in [-0.15, -0.1) is 0 Å². The molecule has 0 aromatic heterocycles. The van der Waals surface area contributed by atoms with Gasteiger partial charge in [0.2, 0.25) is 10.0 Å². The van der Waals surface area contributed by atoms with Gasteiger partial charge in [0.1, 0.15) is 0 Å². The van der Waals surface area contributed by atoms with Crippen molar-refractivity contribution in [3.05, 3.63) is 30.3 Å². The number of rotatable bonds is 5. The molecule has 1 fully saturated rings. The van der Waals surface area contributed by atoms with Gasteiger partial charge in [-0.2, -0.15) is 4.31 Å². The van der Waals surface area contributed by atoms with E-state index in [1.54, 1.807) is 28.6 Å². The zero-order valence-electron chi connectivity index (χ0n) is 15.3. The number of nitrogens with one attached hydrogen (secondary N) is 2. The van der Waals surface area contributed by atoms with Gasteiger partial charge in [0, 0.05) is 24.7 Å². The van der Waals surface area contributed by atoms with Gasteiger partial charge in [0.05, 0.1) is 4.90 Å². The molecule has 7 heteroatoms. The lowest BCUT2D eigenvalue weighted by molar-refractivity contribution is 0.223. The molecule has 0 spiro atoms. The van der Waals surface area contributed by atoms with Crippen molar-refractivity contribution in [1.82, 2.24) is 14.9 Å². The second kappa shape index (κ2) is 8.19. The number of hydrogen-bond donors (Lipinski definition) is 2. The van der Waals surface area contributed by atoms with Gasteiger partial charge < -0.3 is 10.6 Å². The minimum atomic E-state index is -3.49. The first-order valence-electron chi connectivity index (χ1n) is 8.83. The van der Waals surface area contributed by atoms with Crippen LogP contribution in [-0.4, -0.2) is 43.4 Å². The monoisotopic (exact) mass is 367 g/mol. The van der Waals surface area contributed by atoms with E-state index in [2.05, 4.69) is 10.6 Å².